The molecular weight excluding hydrogens is 560 g/mol. The zero-order valence-electron chi connectivity index (χ0n) is 30.0. The number of carbonyl (C=O) groups excluding carboxylic acids is 2. The zero-order valence-corrected chi connectivity index (χ0v) is 30.0. The summed E-state index contributed by atoms with van der Waals surface area (Å²) < 4.78 is 17.2. The minimum absolute atomic E-state index is 0.100. The molecule has 0 aromatic carbocycles. The molecule has 2 heterocycles. The number of esters is 2. The molecule has 2 aliphatic heterocycles. The van der Waals surface area contributed by atoms with Gasteiger partial charge in [0.2, 0.25) is 0 Å². The Balaban J connectivity index is 1.43. The van der Waals surface area contributed by atoms with Crippen LogP contribution in [0.3, 0.4) is 0 Å². The van der Waals surface area contributed by atoms with Gasteiger partial charge in [0.25, 0.3) is 0 Å². The highest BCUT2D eigenvalue weighted by atomic mass is 16.6. The van der Waals surface area contributed by atoms with E-state index < -0.39 is 11.8 Å². The molecule has 3 rings (SSSR count). The first kappa shape index (κ1) is 40.1. The Morgan fingerprint density at radius 3 is 1.13 bits per heavy atom. The Hall–Kier alpha value is -1.10. The van der Waals surface area contributed by atoms with E-state index in [0.29, 0.717) is 19.6 Å². The van der Waals surface area contributed by atoms with Crippen molar-refractivity contribution < 1.29 is 23.8 Å². The third kappa shape index (κ3) is 19.3. The van der Waals surface area contributed by atoms with Gasteiger partial charge in [-0.1, -0.05) is 181 Å². The molecule has 3 fully saturated rings. The van der Waals surface area contributed by atoms with Gasteiger partial charge in [0.05, 0.1) is 37.3 Å². The number of hydrogen-bond donors (Lipinski definition) is 0. The lowest BCUT2D eigenvalue weighted by atomic mass is 9.72. The van der Waals surface area contributed by atoms with Crippen molar-refractivity contribution in [2.75, 3.05) is 13.2 Å². The van der Waals surface area contributed by atoms with Crippen molar-refractivity contribution in [1.29, 1.82) is 0 Å². The van der Waals surface area contributed by atoms with Crippen molar-refractivity contribution in [3.63, 3.8) is 0 Å². The number of ether oxygens (including phenoxy) is 3. The first-order valence-electron chi connectivity index (χ1n) is 20.2. The van der Waals surface area contributed by atoms with Crippen LogP contribution in [-0.2, 0) is 23.8 Å². The molecule has 0 spiro atoms. The first-order valence-corrected chi connectivity index (χ1v) is 20.2. The fourth-order valence-electron chi connectivity index (χ4n) is 7.27. The number of rotatable bonds is 32. The molecule has 1 aliphatic carbocycles. The van der Waals surface area contributed by atoms with Crippen LogP contribution in [0.5, 0.6) is 0 Å². The van der Waals surface area contributed by atoms with Crippen molar-refractivity contribution in [3.8, 4) is 0 Å². The van der Waals surface area contributed by atoms with Gasteiger partial charge >= 0.3 is 11.9 Å². The summed E-state index contributed by atoms with van der Waals surface area (Å²) >= 11 is 0. The van der Waals surface area contributed by atoms with E-state index in [1.54, 1.807) is 0 Å². The smallest absolute Gasteiger partial charge is 0.312 e. The second kappa shape index (κ2) is 28.0. The maximum absolute atomic E-state index is 13.0. The molecule has 0 aromatic heterocycles. The first-order chi connectivity index (χ1) is 22.2. The van der Waals surface area contributed by atoms with Crippen LogP contribution in [0, 0.1) is 11.8 Å². The van der Waals surface area contributed by atoms with E-state index in [2.05, 4.69) is 13.8 Å². The summed E-state index contributed by atoms with van der Waals surface area (Å²) in [6.07, 6.45) is 38.0. The van der Waals surface area contributed by atoms with Crippen LogP contribution in [0.4, 0.5) is 0 Å². The topological polar surface area (TPSA) is 61.8 Å². The molecule has 45 heavy (non-hydrogen) atoms. The van der Waals surface area contributed by atoms with Gasteiger partial charge in [-0.3, -0.25) is 9.59 Å². The Morgan fingerprint density at radius 2 is 0.778 bits per heavy atom. The summed E-state index contributed by atoms with van der Waals surface area (Å²) in [6, 6.07) is 0. The third-order valence-electron chi connectivity index (χ3n) is 10.3. The van der Waals surface area contributed by atoms with E-state index >= 15 is 0 Å². The minimum Gasteiger partial charge on any atom is -0.465 e. The molecule has 0 N–H and O–H groups in total. The van der Waals surface area contributed by atoms with Crippen LogP contribution in [-0.4, -0.2) is 37.4 Å². The fourth-order valence-corrected chi connectivity index (χ4v) is 7.27. The summed E-state index contributed by atoms with van der Waals surface area (Å²) in [5.41, 5.74) is 0. The zero-order chi connectivity index (χ0) is 32.2. The maximum Gasteiger partial charge on any atom is 0.312 e. The number of fused-ring (bicyclic) bond motifs is 2. The highest BCUT2D eigenvalue weighted by molar-refractivity contribution is 5.83. The lowest BCUT2D eigenvalue weighted by Gasteiger charge is -2.48. The largest absolute Gasteiger partial charge is 0.465 e. The van der Waals surface area contributed by atoms with Gasteiger partial charge in [-0.15, -0.1) is 0 Å². The second-order valence-corrected chi connectivity index (χ2v) is 14.4. The summed E-state index contributed by atoms with van der Waals surface area (Å²) in [4.78, 5) is 25.9. The van der Waals surface area contributed by atoms with Crippen LogP contribution >= 0.6 is 0 Å². The number of hydrogen-bond acceptors (Lipinski definition) is 5. The number of carbonyl (C=O) groups is 2. The molecule has 0 aromatic rings. The van der Waals surface area contributed by atoms with Crippen molar-refractivity contribution in [3.05, 3.63) is 0 Å². The Morgan fingerprint density at radius 1 is 0.467 bits per heavy atom. The van der Waals surface area contributed by atoms with E-state index in [1.165, 1.54) is 154 Å². The lowest BCUT2D eigenvalue weighted by molar-refractivity contribution is -0.222. The lowest BCUT2D eigenvalue weighted by Crippen LogP contribution is -2.57. The SMILES string of the molecule is CCCCCCCCCCCCCCCCOC(=O)C1CC2CC(O2)C1C(=O)OCCCCCCCCCCCCCCCC. The van der Waals surface area contributed by atoms with E-state index in [4.69, 9.17) is 14.2 Å². The highest BCUT2D eigenvalue weighted by Gasteiger charge is 2.54. The van der Waals surface area contributed by atoms with Crippen LogP contribution in [0.2, 0.25) is 0 Å². The van der Waals surface area contributed by atoms with Gasteiger partial charge in [-0.05, 0) is 19.3 Å². The van der Waals surface area contributed by atoms with Crippen LogP contribution in [0.1, 0.15) is 206 Å². The van der Waals surface area contributed by atoms with E-state index in [0.717, 1.165) is 32.1 Å². The van der Waals surface area contributed by atoms with Crippen LogP contribution in [0.25, 0.3) is 0 Å². The predicted molar refractivity (Wildman–Crippen MR) is 187 cm³/mol. The Kier molecular flexibility index (Phi) is 24.9. The van der Waals surface area contributed by atoms with Crippen LogP contribution < -0.4 is 0 Å². The summed E-state index contributed by atoms with van der Waals surface area (Å²) in [7, 11) is 0. The van der Waals surface area contributed by atoms with E-state index in [-0.39, 0.29) is 24.1 Å². The third-order valence-corrected chi connectivity index (χ3v) is 10.3. The van der Waals surface area contributed by atoms with Gasteiger partial charge in [0.15, 0.2) is 0 Å². The molecule has 2 bridgehead atoms. The summed E-state index contributed by atoms with van der Waals surface area (Å²) in [5.74, 6) is -1.38. The quantitative estimate of drug-likeness (QED) is 0.0544. The molecular formula is C40H74O5. The van der Waals surface area contributed by atoms with Gasteiger partial charge in [0, 0.05) is 6.42 Å². The van der Waals surface area contributed by atoms with E-state index in [1.807, 2.05) is 0 Å². The molecule has 5 nitrogen and oxygen atoms in total. The predicted octanol–water partition coefficient (Wildman–Crippen LogP) is 11.8. The average molecular weight is 635 g/mol. The molecule has 5 heteroatoms. The van der Waals surface area contributed by atoms with Gasteiger partial charge < -0.3 is 14.2 Å². The van der Waals surface area contributed by atoms with Gasteiger partial charge in [-0.2, -0.15) is 0 Å². The minimum atomic E-state index is -0.495. The average Bonchev–Trinajstić information content (AvgIpc) is 3.03. The Bertz CT molecular complexity index is 703. The molecule has 3 aliphatic rings. The number of unbranched alkanes of at least 4 members (excludes halogenated alkanes) is 26. The Labute approximate surface area is 279 Å². The standard InChI is InChI=1S/C40H74O5/c1-3-5-7-9-11-13-15-17-19-21-23-25-27-29-31-43-39(41)36-33-35-34-37(45-35)38(36)40(42)44-32-30-28-26-24-22-20-18-16-14-12-10-8-6-4-2/h35-38H,3-34H2,1-2H3. The van der Waals surface area contributed by atoms with Crippen molar-refractivity contribution in [2.24, 2.45) is 11.8 Å². The molecule has 264 valence electrons. The second-order valence-electron chi connectivity index (χ2n) is 14.4. The molecule has 0 amide bonds. The van der Waals surface area contributed by atoms with Gasteiger partial charge in [-0.25, -0.2) is 0 Å². The highest BCUT2D eigenvalue weighted by Crippen LogP contribution is 2.44. The summed E-state index contributed by atoms with van der Waals surface area (Å²) in [6.45, 7) is 5.46. The monoisotopic (exact) mass is 635 g/mol. The van der Waals surface area contributed by atoms with Crippen LogP contribution in [0.15, 0.2) is 0 Å². The van der Waals surface area contributed by atoms with Crippen molar-refractivity contribution >= 4 is 11.9 Å². The van der Waals surface area contributed by atoms with Crippen molar-refractivity contribution in [2.45, 2.75) is 219 Å². The molecule has 1 saturated carbocycles. The normalized spacial score (nSPS) is 20.6. The molecule has 4 atom stereocenters. The van der Waals surface area contributed by atoms with E-state index in [9.17, 15) is 9.59 Å². The molecule has 0 radical (unpaired) electrons. The summed E-state index contributed by atoms with van der Waals surface area (Å²) in [5, 5.41) is 0. The fraction of sp³-hybridized carbons (Fsp3) is 0.950. The molecule has 4 unspecified atom stereocenters. The van der Waals surface area contributed by atoms with Gasteiger partial charge in [0.1, 0.15) is 0 Å². The van der Waals surface area contributed by atoms with Crippen molar-refractivity contribution in [1.82, 2.24) is 0 Å². The maximum atomic E-state index is 13.0. The molecule has 2 saturated heterocycles.